The molecular formula is C16H22N4S. The minimum absolute atomic E-state index is 0.343. The molecule has 0 aromatic carbocycles. The Balaban J connectivity index is 1.52. The van der Waals surface area contributed by atoms with Crippen LogP contribution >= 0.6 is 11.3 Å². The number of pyridine rings is 1. The maximum absolute atomic E-state index is 4.48. The van der Waals surface area contributed by atoms with Gasteiger partial charge in [-0.1, -0.05) is 6.07 Å². The summed E-state index contributed by atoms with van der Waals surface area (Å²) in [6.07, 6.45) is 6.14. The molecule has 3 heterocycles. The van der Waals surface area contributed by atoms with Crippen molar-refractivity contribution in [3.63, 3.8) is 0 Å². The van der Waals surface area contributed by atoms with Gasteiger partial charge in [-0.2, -0.15) is 0 Å². The topological polar surface area (TPSA) is 41.1 Å². The Hall–Kier alpha value is -1.46. The molecule has 0 saturated carbocycles. The van der Waals surface area contributed by atoms with Crippen LogP contribution in [0.1, 0.15) is 35.7 Å². The number of nitrogens with one attached hydrogen (secondary N) is 1. The molecule has 4 nitrogen and oxygen atoms in total. The summed E-state index contributed by atoms with van der Waals surface area (Å²) in [5, 5.41) is 4.92. The van der Waals surface area contributed by atoms with E-state index in [0.717, 1.165) is 31.7 Å². The molecule has 1 atom stereocenters. The summed E-state index contributed by atoms with van der Waals surface area (Å²) in [6.45, 7) is 6.46. The van der Waals surface area contributed by atoms with Gasteiger partial charge in [-0.3, -0.25) is 0 Å². The highest BCUT2D eigenvalue weighted by Crippen LogP contribution is 2.22. The van der Waals surface area contributed by atoms with Crippen LogP contribution in [0.15, 0.2) is 30.6 Å². The standard InChI is InChI=1S/C16H22N4S/c1-12-11-18-16(21-12)13(2)19-14-6-9-20(10-7-14)15-5-3-4-8-17-15/h3-5,8,11,13-14,19H,6-7,9-10H2,1-2H3. The van der Waals surface area contributed by atoms with Gasteiger partial charge >= 0.3 is 0 Å². The van der Waals surface area contributed by atoms with Crippen molar-refractivity contribution in [2.45, 2.75) is 38.8 Å². The van der Waals surface area contributed by atoms with Gasteiger partial charge in [0, 0.05) is 36.4 Å². The van der Waals surface area contributed by atoms with Crippen LogP contribution in [0.2, 0.25) is 0 Å². The molecule has 2 aromatic heterocycles. The summed E-state index contributed by atoms with van der Waals surface area (Å²) in [5.41, 5.74) is 0. The molecule has 112 valence electrons. The van der Waals surface area contributed by atoms with E-state index in [2.05, 4.69) is 46.2 Å². The van der Waals surface area contributed by atoms with Gasteiger partial charge in [0.2, 0.25) is 0 Å². The van der Waals surface area contributed by atoms with Crippen molar-refractivity contribution in [3.8, 4) is 0 Å². The molecule has 1 fully saturated rings. The average Bonchev–Trinajstić information content (AvgIpc) is 2.96. The van der Waals surface area contributed by atoms with Crippen molar-refractivity contribution in [1.82, 2.24) is 15.3 Å². The third-order valence-corrected chi connectivity index (χ3v) is 5.06. The summed E-state index contributed by atoms with van der Waals surface area (Å²) >= 11 is 1.79. The predicted octanol–water partition coefficient (Wildman–Crippen LogP) is 3.17. The second-order valence-electron chi connectivity index (χ2n) is 5.65. The first kappa shape index (κ1) is 14.5. The molecule has 5 heteroatoms. The zero-order chi connectivity index (χ0) is 14.7. The quantitative estimate of drug-likeness (QED) is 0.942. The van der Waals surface area contributed by atoms with Crippen molar-refractivity contribution in [2.24, 2.45) is 0 Å². The SMILES string of the molecule is Cc1cnc(C(C)NC2CCN(c3ccccn3)CC2)s1. The van der Waals surface area contributed by atoms with E-state index in [1.165, 1.54) is 9.88 Å². The molecule has 2 aromatic rings. The fourth-order valence-electron chi connectivity index (χ4n) is 2.81. The Kier molecular flexibility index (Phi) is 4.51. The highest BCUT2D eigenvalue weighted by molar-refractivity contribution is 7.11. The Morgan fingerprint density at radius 3 is 2.71 bits per heavy atom. The number of anilines is 1. The van der Waals surface area contributed by atoms with Crippen molar-refractivity contribution < 1.29 is 0 Å². The number of hydrogen-bond acceptors (Lipinski definition) is 5. The van der Waals surface area contributed by atoms with Crippen molar-refractivity contribution in [3.05, 3.63) is 40.5 Å². The van der Waals surface area contributed by atoms with E-state index in [4.69, 9.17) is 0 Å². The predicted molar refractivity (Wildman–Crippen MR) is 87.9 cm³/mol. The maximum Gasteiger partial charge on any atom is 0.128 e. The normalized spacial score (nSPS) is 17.9. The van der Waals surface area contributed by atoms with Gasteiger partial charge in [0.1, 0.15) is 10.8 Å². The van der Waals surface area contributed by atoms with E-state index < -0.39 is 0 Å². The zero-order valence-corrected chi connectivity index (χ0v) is 13.4. The van der Waals surface area contributed by atoms with Gasteiger partial charge < -0.3 is 10.2 Å². The highest BCUT2D eigenvalue weighted by Gasteiger charge is 2.22. The molecule has 0 aliphatic carbocycles. The number of piperidine rings is 1. The molecule has 3 rings (SSSR count). The summed E-state index contributed by atoms with van der Waals surface area (Å²) < 4.78 is 0. The number of hydrogen-bond donors (Lipinski definition) is 1. The minimum Gasteiger partial charge on any atom is -0.357 e. The minimum atomic E-state index is 0.343. The van der Waals surface area contributed by atoms with Crippen LogP contribution < -0.4 is 10.2 Å². The molecule has 0 bridgehead atoms. The van der Waals surface area contributed by atoms with E-state index >= 15 is 0 Å². The number of thiazole rings is 1. The van der Waals surface area contributed by atoms with E-state index in [0.29, 0.717) is 12.1 Å². The second kappa shape index (κ2) is 6.54. The lowest BCUT2D eigenvalue weighted by molar-refractivity contribution is 0.379. The third kappa shape index (κ3) is 3.60. The van der Waals surface area contributed by atoms with E-state index in [1.807, 2.05) is 18.5 Å². The summed E-state index contributed by atoms with van der Waals surface area (Å²) in [5.74, 6) is 1.10. The van der Waals surface area contributed by atoms with E-state index in [9.17, 15) is 0 Å². The van der Waals surface area contributed by atoms with Crippen LogP contribution in [0, 0.1) is 6.92 Å². The lowest BCUT2D eigenvalue weighted by Gasteiger charge is -2.34. The van der Waals surface area contributed by atoms with Crippen molar-refractivity contribution in [2.75, 3.05) is 18.0 Å². The molecule has 0 amide bonds. The summed E-state index contributed by atoms with van der Waals surface area (Å²) in [4.78, 5) is 12.6. The zero-order valence-electron chi connectivity index (χ0n) is 12.6. The van der Waals surface area contributed by atoms with E-state index in [-0.39, 0.29) is 0 Å². The first-order valence-electron chi connectivity index (χ1n) is 7.57. The highest BCUT2D eigenvalue weighted by atomic mass is 32.1. The van der Waals surface area contributed by atoms with Crippen LogP contribution in [-0.4, -0.2) is 29.1 Å². The summed E-state index contributed by atoms with van der Waals surface area (Å²) in [7, 11) is 0. The number of aryl methyl sites for hydroxylation is 1. The number of aromatic nitrogens is 2. The van der Waals surface area contributed by atoms with Gasteiger partial charge in [0.15, 0.2) is 0 Å². The Morgan fingerprint density at radius 2 is 2.10 bits per heavy atom. The summed E-state index contributed by atoms with van der Waals surface area (Å²) in [6, 6.07) is 7.03. The monoisotopic (exact) mass is 302 g/mol. The Morgan fingerprint density at radius 1 is 1.29 bits per heavy atom. The Bertz CT molecular complexity index is 561. The van der Waals surface area contributed by atoms with Gasteiger partial charge in [0.05, 0.1) is 6.04 Å². The molecule has 1 aliphatic rings. The second-order valence-corrected chi connectivity index (χ2v) is 6.91. The first-order valence-corrected chi connectivity index (χ1v) is 8.38. The maximum atomic E-state index is 4.48. The van der Waals surface area contributed by atoms with Crippen LogP contribution in [0.4, 0.5) is 5.82 Å². The molecule has 21 heavy (non-hydrogen) atoms. The van der Waals surface area contributed by atoms with E-state index in [1.54, 1.807) is 11.3 Å². The Labute approximate surface area is 130 Å². The first-order chi connectivity index (χ1) is 10.2. The largest absolute Gasteiger partial charge is 0.357 e. The number of rotatable bonds is 4. The van der Waals surface area contributed by atoms with Crippen LogP contribution in [0.5, 0.6) is 0 Å². The van der Waals surface area contributed by atoms with Crippen LogP contribution in [0.3, 0.4) is 0 Å². The fourth-order valence-corrected chi connectivity index (χ4v) is 3.60. The smallest absolute Gasteiger partial charge is 0.128 e. The molecule has 1 unspecified atom stereocenters. The van der Waals surface area contributed by atoms with Gasteiger partial charge in [0.25, 0.3) is 0 Å². The lowest BCUT2D eigenvalue weighted by atomic mass is 10.0. The number of nitrogens with zero attached hydrogens (tertiary/aromatic N) is 3. The fraction of sp³-hybridized carbons (Fsp3) is 0.500. The molecule has 0 radical (unpaired) electrons. The molecule has 1 aliphatic heterocycles. The third-order valence-electron chi connectivity index (χ3n) is 3.96. The van der Waals surface area contributed by atoms with Crippen molar-refractivity contribution >= 4 is 17.2 Å². The molecule has 0 spiro atoms. The van der Waals surface area contributed by atoms with Gasteiger partial charge in [-0.05, 0) is 38.8 Å². The average molecular weight is 302 g/mol. The van der Waals surface area contributed by atoms with Crippen LogP contribution in [-0.2, 0) is 0 Å². The molecule has 1 N–H and O–H groups in total. The van der Waals surface area contributed by atoms with Crippen molar-refractivity contribution in [1.29, 1.82) is 0 Å². The lowest BCUT2D eigenvalue weighted by Crippen LogP contribution is -2.43. The van der Waals surface area contributed by atoms with Gasteiger partial charge in [-0.15, -0.1) is 11.3 Å². The van der Waals surface area contributed by atoms with Crippen LogP contribution in [0.25, 0.3) is 0 Å². The van der Waals surface area contributed by atoms with Gasteiger partial charge in [-0.25, -0.2) is 9.97 Å². The molecule has 1 saturated heterocycles. The molecular weight excluding hydrogens is 280 g/mol.